The lowest BCUT2D eigenvalue weighted by Crippen LogP contribution is -2.28. The van der Waals surface area contributed by atoms with Gasteiger partial charge in [-0.2, -0.15) is 0 Å². The van der Waals surface area contributed by atoms with Crippen molar-refractivity contribution in [3.8, 4) is 89.3 Å². The molecule has 12 aromatic rings. The van der Waals surface area contributed by atoms with Gasteiger partial charge in [-0.1, -0.05) is 319 Å². The highest BCUT2D eigenvalue weighted by Gasteiger charge is 2.55. The van der Waals surface area contributed by atoms with E-state index >= 15 is 0 Å². The maximum absolute atomic E-state index is 5.48. The number of rotatable bonds is 4. The van der Waals surface area contributed by atoms with Crippen LogP contribution in [0.2, 0.25) is 0 Å². The first-order chi connectivity index (χ1) is 45.3. The molecule has 2 spiro atoms. The Morgan fingerprint density at radius 2 is 0.385 bits per heavy atom. The predicted molar refractivity (Wildman–Crippen MR) is 406 cm³/mol. The molecule has 0 saturated heterocycles. The highest BCUT2D eigenvalue weighted by Crippen LogP contribution is 2.66. The molecule has 1 aromatic heterocycles. The fourth-order valence-corrected chi connectivity index (χ4v) is 16.7. The van der Waals surface area contributed by atoms with E-state index in [9.17, 15) is 0 Å². The first-order valence-corrected chi connectivity index (χ1v) is 35.0. The second-order valence-corrected chi connectivity index (χ2v) is 34.6. The van der Waals surface area contributed by atoms with Gasteiger partial charge in [0.25, 0.3) is 0 Å². The van der Waals surface area contributed by atoms with Gasteiger partial charge in [-0.3, -0.25) is 0 Å². The first-order valence-electron chi connectivity index (χ1n) is 35.0. The van der Waals surface area contributed by atoms with E-state index in [2.05, 4.69) is 343 Å². The van der Waals surface area contributed by atoms with Gasteiger partial charge in [-0.15, -0.1) is 0 Å². The fraction of sp³-hybridized carbons (Fsp3) is 0.277. The second kappa shape index (κ2) is 20.6. The minimum Gasteiger partial charge on any atom is -0.244 e. The lowest BCUT2D eigenvalue weighted by Gasteiger charge is -2.34. The predicted octanol–water partition coefficient (Wildman–Crippen LogP) is 24.8. The molecule has 4 aliphatic carbocycles. The molecule has 2 nitrogen and oxygen atoms in total. The van der Waals surface area contributed by atoms with Crippen LogP contribution in [0.1, 0.15) is 203 Å². The molecule has 0 N–H and O–H groups in total. The summed E-state index contributed by atoms with van der Waals surface area (Å²) >= 11 is 0. The van der Waals surface area contributed by atoms with Crippen molar-refractivity contribution in [3.63, 3.8) is 0 Å². The summed E-state index contributed by atoms with van der Waals surface area (Å²) in [5, 5.41) is 0. The van der Waals surface area contributed by atoms with Gasteiger partial charge in [0.2, 0.25) is 0 Å². The van der Waals surface area contributed by atoms with Gasteiger partial charge in [-0.25, -0.2) is 9.97 Å². The topological polar surface area (TPSA) is 25.8 Å². The minimum absolute atomic E-state index is 0.0358. The molecular formula is C94H90N2. The molecule has 2 heteroatoms. The highest BCUT2D eigenvalue weighted by atomic mass is 14.8. The average molecular weight is 1250 g/mol. The van der Waals surface area contributed by atoms with Crippen LogP contribution in [-0.4, -0.2) is 9.97 Å². The maximum atomic E-state index is 5.48. The third-order valence-electron chi connectivity index (χ3n) is 22.3. The van der Waals surface area contributed by atoms with Crippen LogP contribution >= 0.6 is 0 Å². The highest BCUT2D eigenvalue weighted by molar-refractivity contribution is 5.99. The Balaban J connectivity index is 0.811. The van der Waals surface area contributed by atoms with Gasteiger partial charge in [0.05, 0.1) is 33.3 Å². The summed E-state index contributed by atoms with van der Waals surface area (Å²) in [5.41, 5.74) is 38.7. The molecule has 0 aliphatic heterocycles. The third-order valence-corrected chi connectivity index (χ3v) is 22.3. The molecule has 4 aliphatic rings. The van der Waals surface area contributed by atoms with Gasteiger partial charge < -0.3 is 0 Å². The number of fused-ring (bicyclic) bond motifs is 21. The Kier molecular flexibility index (Phi) is 13.3. The summed E-state index contributed by atoms with van der Waals surface area (Å²) in [7, 11) is 0. The molecule has 0 atom stereocenters. The van der Waals surface area contributed by atoms with E-state index in [1.54, 1.807) is 0 Å². The molecule has 0 bridgehead atoms. The first kappa shape index (κ1) is 61.6. The van der Waals surface area contributed by atoms with Crippen molar-refractivity contribution < 1.29 is 0 Å². The van der Waals surface area contributed by atoms with Crippen molar-refractivity contribution in [2.45, 2.75) is 168 Å². The van der Waals surface area contributed by atoms with Crippen molar-refractivity contribution in [1.82, 2.24) is 9.97 Å². The van der Waals surface area contributed by atoms with E-state index in [0.717, 1.165) is 44.7 Å². The molecule has 0 unspecified atom stereocenters. The standard InChI is InChI=1S/C94H90N2/c1-87(2,3)61-33-41-69-67-39-31-59(47-75(67)93(77(69)49-61)79-51-63(89(7,8)9)35-43-71(79)72-44-36-64(52-80(72)93)90(10,11)12)55-23-27-57(28-24-55)85-86(96-84-22-20-19-21-83(84)95-85)58-29-25-56(26-30-58)60-32-40-68-70-42-34-62(88(4,5)6)50-78(70)94(76(68)48-60)81-53-65(91(13,14)15)37-45-73(81)74-46-38-66(54-82(74)94)92(16,17)18/h19-54H,1-18H3. The molecule has 0 amide bonds. The number of para-hydroxylation sites is 2. The summed E-state index contributed by atoms with van der Waals surface area (Å²) in [4.78, 5) is 11.0. The van der Waals surface area contributed by atoms with Crippen molar-refractivity contribution >= 4 is 11.0 Å². The van der Waals surface area contributed by atoms with Crippen LogP contribution in [0.4, 0.5) is 0 Å². The summed E-state index contributed by atoms with van der Waals surface area (Å²) in [6, 6.07) is 85.4. The van der Waals surface area contributed by atoms with Crippen LogP contribution in [-0.2, 0) is 43.3 Å². The van der Waals surface area contributed by atoms with Gasteiger partial charge in [-0.05, 0) is 201 Å². The Bertz CT molecular complexity index is 4720. The average Bonchev–Trinajstić information content (AvgIpc) is 1.51. The fourth-order valence-electron chi connectivity index (χ4n) is 16.7. The van der Waals surface area contributed by atoms with Crippen molar-refractivity contribution in [3.05, 3.63) is 296 Å². The monoisotopic (exact) mass is 1250 g/mol. The van der Waals surface area contributed by atoms with Crippen molar-refractivity contribution in [2.24, 2.45) is 0 Å². The summed E-state index contributed by atoms with van der Waals surface area (Å²) < 4.78 is 0. The van der Waals surface area contributed by atoms with E-state index in [4.69, 9.17) is 9.97 Å². The van der Waals surface area contributed by atoms with Crippen LogP contribution in [0.25, 0.3) is 100 Å². The number of hydrogen-bond acceptors (Lipinski definition) is 2. The van der Waals surface area contributed by atoms with Gasteiger partial charge in [0.1, 0.15) is 0 Å². The van der Waals surface area contributed by atoms with Crippen molar-refractivity contribution in [1.29, 1.82) is 0 Å². The van der Waals surface area contributed by atoms with Crippen LogP contribution < -0.4 is 0 Å². The van der Waals surface area contributed by atoms with E-state index in [1.165, 1.54) is 134 Å². The van der Waals surface area contributed by atoms with Gasteiger partial charge in [0, 0.05) is 11.1 Å². The Morgan fingerprint density at radius 3 is 0.604 bits per heavy atom. The van der Waals surface area contributed by atoms with Crippen molar-refractivity contribution in [2.75, 3.05) is 0 Å². The summed E-state index contributed by atoms with van der Waals surface area (Å²) in [5.74, 6) is 0. The molecular weight excluding hydrogens is 1160 g/mol. The van der Waals surface area contributed by atoms with E-state index in [0.29, 0.717) is 0 Å². The number of benzene rings is 11. The SMILES string of the molecule is CC(C)(C)c1ccc2c(c1)C1(c3cc(-c4ccc(-c5nc6ccccc6nc5-c5ccc(-c6ccc7c(c6)C6(c8cc(C(C)(C)C)ccc8-7)c7cc(C(C)(C)C)ccc7-c7ccc(C(C)(C)C)cc76)cc5)cc4)ccc3-2)c2cc(C(C)(C)C)ccc2-c2ccc(C(C)(C)C)cc21. The van der Waals surface area contributed by atoms with Crippen LogP contribution in [0.5, 0.6) is 0 Å². The minimum atomic E-state index is -0.521. The maximum Gasteiger partial charge on any atom is 0.0973 e. The number of hydrogen-bond donors (Lipinski definition) is 0. The zero-order valence-electron chi connectivity index (χ0n) is 59.7. The second-order valence-electron chi connectivity index (χ2n) is 34.6. The summed E-state index contributed by atoms with van der Waals surface area (Å²) in [6.45, 7) is 42.3. The molecule has 0 saturated carbocycles. The smallest absolute Gasteiger partial charge is 0.0973 e. The zero-order valence-corrected chi connectivity index (χ0v) is 59.7. The summed E-state index contributed by atoms with van der Waals surface area (Å²) in [6.07, 6.45) is 0. The largest absolute Gasteiger partial charge is 0.244 e. The molecule has 16 rings (SSSR count). The lowest BCUT2D eigenvalue weighted by molar-refractivity contribution is 0.583. The third kappa shape index (κ3) is 9.23. The van der Waals surface area contributed by atoms with Crippen LogP contribution in [0.3, 0.4) is 0 Å². The van der Waals surface area contributed by atoms with E-state index in [1.807, 2.05) is 0 Å². The Hall–Kier alpha value is -9.24. The number of aromatic nitrogens is 2. The quantitative estimate of drug-likeness (QED) is 0.175. The number of nitrogens with zero attached hydrogens (tertiary/aromatic N) is 2. The zero-order chi connectivity index (χ0) is 67.3. The molecule has 476 valence electrons. The molecule has 1 heterocycles. The Morgan fingerprint density at radius 1 is 0.198 bits per heavy atom. The van der Waals surface area contributed by atoms with Gasteiger partial charge in [0.15, 0.2) is 0 Å². The van der Waals surface area contributed by atoms with Crippen LogP contribution in [0, 0.1) is 0 Å². The molecule has 96 heavy (non-hydrogen) atoms. The normalized spacial score (nSPS) is 14.7. The Labute approximate surface area is 571 Å². The molecule has 11 aromatic carbocycles. The van der Waals surface area contributed by atoms with E-state index in [-0.39, 0.29) is 32.5 Å². The van der Waals surface area contributed by atoms with Crippen LogP contribution in [0.15, 0.2) is 218 Å². The molecule has 0 fully saturated rings. The molecule has 0 radical (unpaired) electrons. The van der Waals surface area contributed by atoms with E-state index < -0.39 is 10.8 Å². The lowest BCUT2D eigenvalue weighted by atomic mass is 9.68. The van der Waals surface area contributed by atoms with Gasteiger partial charge >= 0.3 is 0 Å².